The van der Waals surface area contributed by atoms with E-state index in [1.165, 1.54) is 5.56 Å². The summed E-state index contributed by atoms with van der Waals surface area (Å²) in [6, 6.07) is 7.74. The third-order valence-electron chi connectivity index (χ3n) is 2.23. The van der Waals surface area contributed by atoms with E-state index >= 15 is 0 Å². The highest BCUT2D eigenvalue weighted by Crippen LogP contribution is 2.24. The van der Waals surface area contributed by atoms with E-state index in [-0.39, 0.29) is 5.91 Å². The predicted molar refractivity (Wildman–Crippen MR) is 60.3 cm³/mol. The third-order valence-corrected chi connectivity index (χ3v) is 2.23. The van der Waals surface area contributed by atoms with E-state index in [1.54, 1.807) is 12.8 Å². The van der Waals surface area contributed by atoms with E-state index in [4.69, 9.17) is 0 Å². The van der Waals surface area contributed by atoms with Crippen LogP contribution in [0.5, 0.6) is 0 Å². The minimum absolute atomic E-state index is 0.0659. The molecule has 0 atom stereocenters. The number of nitrogens with one attached hydrogen (secondary N) is 1. The van der Waals surface area contributed by atoms with Crippen LogP contribution in [-0.2, 0) is 4.79 Å². The molecule has 1 aromatic carbocycles. The Morgan fingerprint density at radius 2 is 1.67 bits per heavy atom. The second-order valence-electron chi connectivity index (χ2n) is 3.49. The number of rotatable bonds is 2. The van der Waals surface area contributed by atoms with Crippen molar-refractivity contribution in [1.82, 2.24) is 0 Å². The molecule has 1 N–H and O–H groups in total. The first kappa shape index (κ1) is 10.2. The summed E-state index contributed by atoms with van der Waals surface area (Å²) < 4.78 is 0. The van der Waals surface area contributed by atoms with Gasteiger partial charge >= 0.3 is 0 Å². The molecular weight excluding hydrogens is 186 g/mol. The van der Waals surface area contributed by atoms with Gasteiger partial charge in [-0.25, -0.2) is 0 Å². The molecule has 15 heavy (non-hydrogen) atoms. The van der Waals surface area contributed by atoms with Gasteiger partial charge in [-0.3, -0.25) is 4.79 Å². The average Bonchev–Trinajstić information content (AvgIpc) is 2.74. The van der Waals surface area contributed by atoms with Crippen LogP contribution in [0.1, 0.15) is 5.56 Å². The van der Waals surface area contributed by atoms with Crippen LogP contribution < -0.4 is 5.32 Å². The van der Waals surface area contributed by atoms with E-state index in [0.29, 0.717) is 5.92 Å². The summed E-state index contributed by atoms with van der Waals surface area (Å²) in [5.74, 6) is 0.624. The van der Waals surface area contributed by atoms with Crippen molar-refractivity contribution >= 4 is 11.6 Å². The molecule has 1 amide bonds. The monoisotopic (exact) mass is 198 g/mol. The molecule has 2 heteroatoms. The molecule has 1 fully saturated rings. The Morgan fingerprint density at radius 1 is 1.07 bits per heavy atom. The maximum Gasteiger partial charge on any atom is 0.232 e. The molecule has 5 radical (unpaired) electrons. The summed E-state index contributed by atoms with van der Waals surface area (Å²) in [6.45, 7) is 2.02. The topological polar surface area (TPSA) is 29.1 Å². The molecule has 1 aliphatic carbocycles. The van der Waals surface area contributed by atoms with Crippen LogP contribution >= 0.6 is 0 Å². The first-order valence-electron chi connectivity index (χ1n) is 4.85. The number of carbonyl (C=O) groups excluding carboxylic acids is 1. The molecule has 0 spiro atoms. The van der Waals surface area contributed by atoms with E-state index in [9.17, 15) is 4.79 Å². The molecule has 75 valence electrons. The molecule has 1 aliphatic rings. The lowest BCUT2D eigenvalue weighted by Gasteiger charge is -2.09. The Bertz CT molecular complexity index is 336. The summed E-state index contributed by atoms with van der Waals surface area (Å²) in [4.78, 5) is 11.6. The van der Waals surface area contributed by atoms with Gasteiger partial charge in [-0.15, -0.1) is 0 Å². The van der Waals surface area contributed by atoms with Crippen molar-refractivity contribution in [3.63, 3.8) is 0 Å². The SMILES string of the molecule is Cc1ccc(NC(=O)[C]2[CH][CH][CH][CH]2)cc1. The molecule has 2 nitrogen and oxygen atoms in total. The number of hydrogen-bond donors (Lipinski definition) is 1. The van der Waals surface area contributed by atoms with Gasteiger partial charge in [-0.2, -0.15) is 0 Å². The van der Waals surface area contributed by atoms with E-state index in [0.717, 1.165) is 5.69 Å². The fourth-order valence-corrected chi connectivity index (χ4v) is 1.37. The van der Waals surface area contributed by atoms with Crippen molar-refractivity contribution in [2.45, 2.75) is 6.92 Å². The van der Waals surface area contributed by atoms with Gasteiger partial charge in [0.2, 0.25) is 5.91 Å². The van der Waals surface area contributed by atoms with Crippen LogP contribution in [0, 0.1) is 38.5 Å². The largest absolute Gasteiger partial charge is 0.326 e. The van der Waals surface area contributed by atoms with Gasteiger partial charge in [0.15, 0.2) is 0 Å². The Balaban J connectivity index is 1.96. The lowest BCUT2D eigenvalue weighted by atomic mass is 10.1. The number of anilines is 1. The van der Waals surface area contributed by atoms with Gasteiger partial charge in [-0.1, -0.05) is 17.7 Å². The maximum atomic E-state index is 11.6. The van der Waals surface area contributed by atoms with E-state index < -0.39 is 0 Å². The van der Waals surface area contributed by atoms with Crippen molar-refractivity contribution in [2.75, 3.05) is 5.32 Å². The third kappa shape index (κ3) is 2.58. The summed E-state index contributed by atoms with van der Waals surface area (Å²) in [6.07, 6.45) is 7.29. The first-order chi connectivity index (χ1) is 7.25. The van der Waals surface area contributed by atoms with Gasteiger partial charge in [-0.05, 0) is 44.7 Å². The predicted octanol–water partition coefficient (Wildman–Crippen LogP) is 2.34. The second kappa shape index (κ2) is 4.47. The maximum absolute atomic E-state index is 11.6. The van der Waals surface area contributed by atoms with Crippen LogP contribution in [0.3, 0.4) is 0 Å². The smallest absolute Gasteiger partial charge is 0.232 e. The Morgan fingerprint density at radius 3 is 2.27 bits per heavy atom. The number of carbonyl (C=O) groups is 1. The summed E-state index contributed by atoms with van der Waals surface area (Å²) in [5.41, 5.74) is 2.01. The molecule has 1 saturated carbocycles. The Hall–Kier alpha value is -1.31. The standard InChI is InChI=1S/C13H12NO/c1-10-6-8-12(9-7-10)14-13(15)11-4-2-3-5-11/h2-9H,1H3,(H,14,15). The van der Waals surface area contributed by atoms with Gasteiger partial charge in [0.25, 0.3) is 0 Å². The molecule has 0 bridgehead atoms. The Kier molecular flexibility index (Phi) is 3.05. The van der Waals surface area contributed by atoms with Gasteiger partial charge < -0.3 is 5.32 Å². The van der Waals surface area contributed by atoms with Crippen LogP contribution in [0.4, 0.5) is 5.69 Å². The fraction of sp³-hybridized carbons (Fsp3) is 0.0769. The van der Waals surface area contributed by atoms with E-state index in [2.05, 4.69) is 5.32 Å². The molecule has 0 heterocycles. The summed E-state index contributed by atoms with van der Waals surface area (Å²) >= 11 is 0. The van der Waals surface area contributed by atoms with Crippen LogP contribution in [0.2, 0.25) is 0 Å². The number of amides is 1. The summed E-state index contributed by atoms with van der Waals surface area (Å²) in [5, 5.41) is 2.83. The number of benzene rings is 1. The van der Waals surface area contributed by atoms with Crippen molar-refractivity contribution in [1.29, 1.82) is 0 Å². The van der Waals surface area contributed by atoms with Crippen molar-refractivity contribution in [3.8, 4) is 0 Å². The molecule has 0 aliphatic heterocycles. The lowest BCUT2D eigenvalue weighted by molar-refractivity contribution is -0.113. The minimum atomic E-state index is -0.0659. The molecule has 0 aromatic heterocycles. The van der Waals surface area contributed by atoms with Crippen LogP contribution in [0.15, 0.2) is 24.3 Å². The van der Waals surface area contributed by atoms with Crippen molar-refractivity contribution < 1.29 is 4.79 Å². The van der Waals surface area contributed by atoms with Crippen LogP contribution in [0.25, 0.3) is 0 Å². The van der Waals surface area contributed by atoms with Gasteiger partial charge in [0, 0.05) is 5.69 Å². The fourth-order valence-electron chi connectivity index (χ4n) is 1.37. The zero-order chi connectivity index (χ0) is 10.7. The second-order valence-corrected chi connectivity index (χ2v) is 3.49. The van der Waals surface area contributed by atoms with Crippen molar-refractivity contribution in [2.24, 2.45) is 0 Å². The van der Waals surface area contributed by atoms with Crippen LogP contribution in [-0.4, -0.2) is 5.91 Å². The molecule has 0 saturated heterocycles. The van der Waals surface area contributed by atoms with E-state index in [1.807, 2.05) is 44.0 Å². The highest BCUT2D eigenvalue weighted by atomic mass is 16.1. The lowest BCUT2D eigenvalue weighted by Crippen LogP contribution is -2.19. The number of aryl methyl sites for hydroxylation is 1. The molecule has 1 aromatic rings. The number of hydrogen-bond acceptors (Lipinski definition) is 1. The zero-order valence-electron chi connectivity index (χ0n) is 8.53. The van der Waals surface area contributed by atoms with Gasteiger partial charge in [0.05, 0.1) is 5.92 Å². The van der Waals surface area contributed by atoms with Crippen molar-refractivity contribution in [3.05, 3.63) is 61.4 Å². The first-order valence-corrected chi connectivity index (χ1v) is 4.85. The molecule has 0 unspecified atom stereocenters. The highest BCUT2D eigenvalue weighted by Gasteiger charge is 2.24. The highest BCUT2D eigenvalue weighted by molar-refractivity contribution is 6.05. The zero-order valence-corrected chi connectivity index (χ0v) is 8.53. The van der Waals surface area contributed by atoms with Gasteiger partial charge in [0.1, 0.15) is 0 Å². The molecule has 2 rings (SSSR count). The minimum Gasteiger partial charge on any atom is -0.326 e. The Labute approximate surface area is 90.7 Å². The average molecular weight is 198 g/mol. The summed E-state index contributed by atoms with van der Waals surface area (Å²) in [7, 11) is 0. The normalized spacial score (nSPS) is 16.6. The quantitative estimate of drug-likeness (QED) is 0.776. The molecular formula is C13H12NO.